The Morgan fingerprint density at radius 1 is 1.27 bits per heavy atom. The number of hydrogen-bond acceptors (Lipinski definition) is 6. The predicted octanol–water partition coefficient (Wildman–Crippen LogP) is 5.09. The molecule has 2 aromatic carbocycles. The molecule has 0 fully saturated rings. The van der Waals surface area contributed by atoms with Gasteiger partial charge in [-0.15, -0.1) is 4.52 Å². The van der Waals surface area contributed by atoms with Gasteiger partial charge >= 0.3 is 31.2 Å². The van der Waals surface area contributed by atoms with Gasteiger partial charge < -0.3 is 9.84 Å². The second-order valence-corrected chi connectivity index (χ2v) is 7.39. The monoisotopic (exact) mass is 466 g/mol. The van der Waals surface area contributed by atoms with E-state index < -0.39 is 48.3 Å². The summed E-state index contributed by atoms with van der Waals surface area (Å²) in [7, 11) is -2.93. The molecule has 0 aromatic heterocycles. The largest absolute Gasteiger partial charge is 0.556 e. The Morgan fingerprint density at radius 3 is 2.43 bits per heavy atom. The fourth-order valence-corrected chi connectivity index (χ4v) is 3.47. The summed E-state index contributed by atoms with van der Waals surface area (Å²) in [5, 5.41) is 19.1. The van der Waals surface area contributed by atoms with Gasteiger partial charge in [0, 0.05) is 17.7 Å². The van der Waals surface area contributed by atoms with Crippen LogP contribution in [0.5, 0.6) is 11.5 Å². The first-order chi connectivity index (χ1) is 13.9. The van der Waals surface area contributed by atoms with Gasteiger partial charge in [-0.1, -0.05) is 18.5 Å². The Balaban J connectivity index is 2.49. The van der Waals surface area contributed by atoms with E-state index in [0.29, 0.717) is 6.07 Å². The molecule has 30 heavy (non-hydrogen) atoms. The van der Waals surface area contributed by atoms with E-state index in [9.17, 15) is 32.6 Å². The molecule has 13 heteroatoms. The second kappa shape index (κ2) is 9.38. The van der Waals surface area contributed by atoms with Crippen molar-refractivity contribution in [1.29, 1.82) is 0 Å². The van der Waals surface area contributed by atoms with E-state index in [1.54, 1.807) is 6.92 Å². The fourth-order valence-electron chi connectivity index (χ4n) is 2.33. The number of rotatable bonds is 8. The van der Waals surface area contributed by atoms with E-state index in [2.05, 4.69) is 4.52 Å². The third-order valence-corrected chi connectivity index (χ3v) is 5.13. The Hall–Kier alpha value is -2.75. The average Bonchev–Trinajstić information content (AvgIpc) is 2.66. The van der Waals surface area contributed by atoms with Crippen LogP contribution in [0.2, 0.25) is 5.02 Å². The first-order valence-corrected chi connectivity index (χ1v) is 9.67. The van der Waals surface area contributed by atoms with Crippen LogP contribution in [0, 0.1) is 10.1 Å². The molecule has 0 bridgehead atoms. The van der Waals surface area contributed by atoms with Crippen LogP contribution in [0.25, 0.3) is 0 Å². The minimum Gasteiger partial charge on any atom is -0.479 e. The lowest BCUT2D eigenvalue weighted by Crippen LogP contribution is -2.11. The van der Waals surface area contributed by atoms with Gasteiger partial charge in [0.25, 0.3) is 0 Å². The van der Waals surface area contributed by atoms with Crippen LogP contribution in [-0.4, -0.2) is 22.6 Å². The third-order valence-electron chi connectivity index (χ3n) is 3.72. The normalized spacial score (nSPS) is 11.8. The number of carboxylic acids is 1. The molecule has 0 spiro atoms. The maximum absolute atomic E-state index is 12.8. The van der Waals surface area contributed by atoms with Gasteiger partial charge in [0.05, 0.1) is 15.5 Å². The highest BCUT2D eigenvalue weighted by molar-refractivity contribution is 7.48. The number of nitro benzene ring substituents is 1. The molecule has 0 aliphatic heterocycles. The summed E-state index contributed by atoms with van der Waals surface area (Å²) in [5.74, 6) is -1.65. The van der Waals surface area contributed by atoms with Gasteiger partial charge in [0.2, 0.25) is 0 Å². The zero-order chi connectivity index (χ0) is 22.6. The smallest absolute Gasteiger partial charge is 0.479 e. The summed E-state index contributed by atoms with van der Waals surface area (Å²) in [4.78, 5) is 21.1. The van der Waals surface area contributed by atoms with Crippen molar-refractivity contribution in [2.75, 3.05) is 6.61 Å². The molecule has 0 saturated carbocycles. The Kier molecular flexibility index (Phi) is 7.35. The summed E-state index contributed by atoms with van der Waals surface area (Å²) in [6, 6.07) is 4.47. The lowest BCUT2D eigenvalue weighted by molar-refractivity contribution is -0.383. The molecule has 0 saturated heterocycles. The molecule has 0 aliphatic carbocycles. The number of ether oxygens (including phenoxy) is 1. The molecule has 1 N–H and O–H groups in total. The maximum atomic E-state index is 12.8. The van der Waals surface area contributed by atoms with Crippen molar-refractivity contribution >= 4 is 36.6 Å². The number of aliphatic carboxylic acids is 1. The van der Waals surface area contributed by atoms with E-state index in [1.165, 1.54) is 0 Å². The zero-order valence-electron chi connectivity index (χ0n) is 15.1. The lowest BCUT2D eigenvalue weighted by atomic mass is 10.1. The van der Waals surface area contributed by atoms with E-state index in [-0.39, 0.29) is 28.5 Å². The van der Waals surface area contributed by atoms with E-state index in [0.717, 1.165) is 24.3 Å². The topological polar surface area (TPSA) is 116 Å². The molecule has 160 valence electrons. The number of carboxylic acid groups (broad SMARTS) is 1. The first-order valence-electron chi connectivity index (χ1n) is 8.12. The SMILES string of the molecule is CCc1cc([N+](=O)[O-])c([P+](=O)OCC(=O)O)cc1Oc1ccc(C(F)(F)F)cc1Cl. The van der Waals surface area contributed by atoms with Gasteiger partial charge in [0.1, 0.15) is 11.5 Å². The van der Waals surface area contributed by atoms with Crippen LogP contribution in [-0.2, 0) is 26.5 Å². The van der Waals surface area contributed by atoms with Gasteiger partial charge in [-0.2, -0.15) is 13.2 Å². The van der Waals surface area contributed by atoms with Crippen LogP contribution in [0.15, 0.2) is 30.3 Å². The molecule has 0 heterocycles. The van der Waals surface area contributed by atoms with Crippen LogP contribution >= 0.6 is 19.6 Å². The van der Waals surface area contributed by atoms with Crippen molar-refractivity contribution in [3.63, 3.8) is 0 Å². The van der Waals surface area contributed by atoms with Gasteiger partial charge in [0.15, 0.2) is 6.61 Å². The van der Waals surface area contributed by atoms with Gasteiger partial charge in [-0.05, 0) is 29.2 Å². The number of aryl methyl sites for hydroxylation is 1. The molecule has 8 nitrogen and oxygen atoms in total. The second-order valence-electron chi connectivity index (χ2n) is 5.73. The molecule has 0 amide bonds. The third kappa shape index (κ3) is 5.65. The molecule has 0 radical (unpaired) electrons. The molecule has 1 unspecified atom stereocenters. The number of carbonyl (C=O) groups is 1. The van der Waals surface area contributed by atoms with E-state index in [1.807, 2.05) is 0 Å². The molecule has 0 aliphatic rings. The average molecular weight is 467 g/mol. The number of nitrogens with zero attached hydrogens (tertiary/aromatic N) is 1. The number of benzene rings is 2. The van der Waals surface area contributed by atoms with Crippen molar-refractivity contribution in [2.24, 2.45) is 0 Å². The highest BCUT2D eigenvalue weighted by Crippen LogP contribution is 2.39. The van der Waals surface area contributed by atoms with Crippen molar-refractivity contribution in [3.8, 4) is 11.5 Å². The number of halogens is 4. The number of hydrogen-bond donors (Lipinski definition) is 1. The number of alkyl halides is 3. The van der Waals surface area contributed by atoms with Crippen LogP contribution in [0.3, 0.4) is 0 Å². The summed E-state index contributed by atoms with van der Waals surface area (Å²) in [6.07, 6.45) is -4.39. The first kappa shape index (κ1) is 23.5. The van der Waals surface area contributed by atoms with Crippen LogP contribution in [0.1, 0.15) is 18.1 Å². The summed E-state index contributed by atoms with van der Waals surface area (Å²) >= 11 is 5.87. The van der Waals surface area contributed by atoms with Crippen molar-refractivity contribution in [2.45, 2.75) is 19.5 Å². The van der Waals surface area contributed by atoms with E-state index >= 15 is 0 Å². The molecular formula is C17H13ClF3NO7P+. The Labute approximate surface area is 173 Å². The van der Waals surface area contributed by atoms with Crippen molar-refractivity contribution in [1.82, 2.24) is 0 Å². The maximum Gasteiger partial charge on any atom is 0.556 e. The molecule has 2 aromatic rings. The Bertz CT molecular complexity index is 1010. The minimum absolute atomic E-state index is 0.0537. The Morgan fingerprint density at radius 2 is 1.93 bits per heavy atom. The minimum atomic E-state index is -4.61. The standard InChI is InChI=1S/C17H12ClF3NO7P/c1-2-9-5-12(22(25)26)15(30(27)28-8-16(23)24)7-14(9)29-13-4-3-10(6-11(13)18)17(19,20)21/h3-7H,2,8H2,1H3/p+1. The predicted molar refractivity (Wildman–Crippen MR) is 99.8 cm³/mol. The summed E-state index contributed by atoms with van der Waals surface area (Å²) in [5.41, 5.74) is -1.29. The molecule has 2 rings (SSSR count). The summed E-state index contributed by atoms with van der Waals surface area (Å²) in [6.45, 7) is 0.684. The lowest BCUT2D eigenvalue weighted by Gasteiger charge is -2.13. The zero-order valence-corrected chi connectivity index (χ0v) is 16.8. The highest BCUT2D eigenvalue weighted by Gasteiger charge is 2.36. The van der Waals surface area contributed by atoms with Gasteiger partial charge in [-0.25, -0.2) is 4.79 Å². The van der Waals surface area contributed by atoms with Crippen molar-refractivity contribution in [3.05, 3.63) is 56.6 Å². The fraction of sp³-hybridized carbons (Fsp3) is 0.235. The van der Waals surface area contributed by atoms with Crippen molar-refractivity contribution < 1.29 is 41.8 Å². The van der Waals surface area contributed by atoms with Crippen LogP contribution in [0.4, 0.5) is 18.9 Å². The van der Waals surface area contributed by atoms with Gasteiger partial charge in [-0.3, -0.25) is 10.1 Å². The molecule has 1 atom stereocenters. The number of nitro groups is 1. The highest BCUT2D eigenvalue weighted by atomic mass is 35.5. The quantitative estimate of drug-likeness (QED) is 0.327. The molecular weight excluding hydrogens is 454 g/mol. The van der Waals surface area contributed by atoms with Crippen LogP contribution < -0.4 is 10.0 Å². The summed E-state index contributed by atoms with van der Waals surface area (Å²) < 4.78 is 60.8. The van der Waals surface area contributed by atoms with E-state index in [4.69, 9.17) is 21.4 Å².